The first-order chi connectivity index (χ1) is 7.28. The third kappa shape index (κ3) is 3.80. The highest BCUT2D eigenvalue weighted by Gasteiger charge is 2.31. The summed E-state index contributed by atoms with van der Waals surface area (Å²) in [4.78, 5) is 10.4. The fourth-order valence-electron chi connectivity index (χ4n) is 1.16. The minimum absolute atomic E-state index is 0.261. The van der Waals surface area contributed by atoms with Crippen LogP contribution in [-0.4, -0.2) is 17.4 Å². The summed E-state index contributed by atoms with van der Waals surface area (Å²) in [6, 6.07) is 3.92. The van der Waals surface area contributed by atoms with Crippen molar-refractivity contribution in [3.63, 3.8) is 0 Å². The lowest BCUT2D eigenvalue weighted by molar-refractivity contribution is -0.274. The SMILES string of the molecule is Cc1ccc(CC(=O)O)cc1OC(F)(F)F. The number of halogens is 3. The van der Waals surface area contributed by atoms with E-state index in [1.165, 1.54) is 19.1 Å². The molecule has 0 aliphatic carbocycles. The Kier molecular flexibility index (Phi) is 3.41. The second-order valence-electron chi connectivity index (χ2n) is 3.22. The molecule has 0 heterocycles. The van der Waals surface area contributed by atoms with Gasteiger partial charge in [0, 0.05) is 0 Å². The monoisotopic (exact) mass is 234 g/mol. The number of carboxylic acid groups (broad SMARTS) is 1. The molecule has 0 radical (unpaired) electrons. The van der Waals surface area contributed by atoms with Gasteiger partial charge in [-0.05, 0) is 24.1 Å². The molecule has 0 unspecified atom stereocenters. The molecule has 6 heteroatoms. The predicted octanol–water partition coefficient (Wildman–Crippen LogP) is 2.52. The van der Waals surface area contributed by atoms with Gasteiger partial charge in [-0.25, -0.2) is 0 Å². The summed E-state index contributed by atoms with van der Waals surface area (Å²) in [7, 11) is 0. The maximum absolute atomic E-state index is 12.0. The highest BCUT2D eigenvalue weighted by atomic mass is 19.4. The molecular weight excluding hydrogens is 225 g/mol. The molecule has 16 heavy (non-hydrogen) atoms. The normalized spacial score (nSPS) is 11.2. The van der Waals surface area contributed by atoms with Gasteiger partial charge in [0.25, 0.3) is 0 Å². The molecule has 0 aliphatic heterocycles. The first-order valence-electron chi connectivity index (χ1n) is 4.35. The topological polar surface area (TPSA) is 46.5 Å². The van der Waals surface area contributed by atoms with Crippen molar-refractivity contribution in [2.45, 2.75) is 19.7 Å². The first kappa shape index (κ1) is 12.4. The Labute approximate surface area is 89.5 Å². The van der Waals surface area contributed by atoms with Crippen LogP contribution in [-0.2, 0) is 11.2 Å². The Bertz CT molecular complexity index is 399. The van der Waals surface area contributed by atoms with Crippen LogP contribution in [0.25, 0.3) is 0 Å². The lowest BCUT2D eigenvalue weighted by atomic mass is 10.1. The molecule has 0 fully saturated rings. The number of benzene rings is 1. The highest BCUT2D eigenvalue weighted by Crippen LogP contribution is 2.27. The van der Waals surface area contributed by atoms with Crippen LogP contribution in [0.15, 0.2) is 18.2 Å². The van der Waals surface area contributed by atoms with Crippen LogP contribution >= 0.6 is 0 Å². The standard InChI is InChI=1S/C10H9F3O3/c1-6-2-3-7(5-9(14)15)4-8(6)16-10(11,12)13/h2-4H,5H2,1H3,(H,14,15). The van der Waals surface area contributed by atoms with Crippen LogP contribution in [0.5, 0.6) is 5.75 Å². The van der Waals surface area contributed by atoms with E-state index in [4.69, 9.17) is 5.11 Å². The minimum Gasteiger partial charge on any atom is -0.481 e. The maximum atomic E-state index is 12.0. The maximum Gasteiger partial charge on any atom is 0.573 e. The van der Waals surface area contributed by atoms with E-state index < -0.39 is 12.3 Å². The predicted molar refractivity (Wildman–Crippen MR) is 49.2 cm³/mol. The van der Waals surface area contributed by atoms with Gasteiger partial charge in [-0.15, -0.1) is 13.2 Å². The van der Waals surface area contributed by atoms with Crippen LogP contribution in [0, 0.1) is 6.92 Å². The van der Waals surface area contributed by atoms with Gasteiger partial charge < -0.3 is 9.84 Å². The van der Waals surface area contributed by atoms with Crippen molar-refractivity contribution in [1.29, 1.82) is 0 Å². The number of rotatable bonds is 3. The molecular formula is C10H9F3O3. The molecule has 1 rings (SSSR count). The smallest absolute Gasteiger partial charge is 0.481 e. The van der Waals surface area contributed by atoms with Crippen molar-refractivity contribution in [3.8, 4) is 5.75 Å². The van der Waals surface area contributed by atoms with Crippen LogP contribution in [0.3, 0.4) is 0 Å². The zero-order chi connectivity index (χ0) is 12.3. The highest BCUT2D eigenvalue weighted by molar-refractivity contribution is 5.70. The van der Waals surface area contributed by atoms with Gasteiger partial charge in [0.15, 0.2) is 0 Å². The van der Waals surface area contributed by atoms with E-state index in [-0.39, 0.29) is 17.7 Å². The van der Waals surface area contributed by atoms with Gasteiger partial charge in [-0.3, -0.25) is 4.79 Å². The van der Waals surface area contributed by atoms with Gasteiger partial charge in [0.1, 0.15) is 5.75 Å². The fourth-order valence-corrected chi connectivity index (χ4v) is 1.16. The van der Waals surface area contributed by atoms with Crippen molar-refractivity contribution in [2.24, 2.45) is 0 Å². The van der Waals surface area contributed by atoms with E-state index >= 15 is 0 Å². The molecule has 0 atom stereocenters. The lowest BCUT2D eigenvalue weighted by Gasteiger charge is -2.12. The van der Waals surface area contributed by atoms with Gasteiger partial charge in [0.2, 0.25) is 0 Å². The van der Waals surface area contributed by atoms with E-state index in [1.54, 1.807) is 0 Å². The number of hydrogen-bond donors (Lipinski definition) is 1. The summed E-state index contributed by atoms with van der Waals surface area (Å²) in [5, 5.41) is 8.50. The summed E-state index contributed by atoms with van der Waals surface area (Å²) in [5.74, 6) is -1.48. The van der Waals surface area contributed by atoms with E-state index in [2.05, 4.69) is 4.74 Å². The molecule has 0 spiro atoms. The molecule has 1 N–H and O–H groups in total. The average molecular weight is 234 g/mol. The van der Waals surface area contributed by atoms with Crippen molar-refractivity contribution in [2.75, 3.05) is 0 Å². The Morgan fingerprint density at radius 1 is 1.44 bits per heavy atom. The molecule has 0 saturated heterocycles. The summed E-state index contributed by atoms with van der Waals surface area (Å²) in [6.07, 6.45) is -5.11. The zero-order valence-corrected chi connectivity index (χ0v) is 8.34. The number of ether oxygens (including phenoxy) is 1. The molecule has 0 amide bonds. The molecule has 0 aliphatic rings. The number of aryl methyl sites for hydroxylation is 1. The second kappa shape index (κ2) is 4.42. The summed E-state index contributed by atoms with van der Waals surface area (Å²) in [6.45, 7) is 1.45. The number of hydrogen-bond acceptors (Lipinski definition) is 2. The van der Waals surface area contributed by atoms with Crippen LogP contribution in [0.2, 0.25) is 0 Å². The molecule has 1 aromatic rings. The van der Waals surface area contributed by atoms with E-state index in [9.17, 15) is 18.0 Å². The molecule has 0 bridgehead atoms. The van der Waals surface area contributed by atoms with Crippen molar-refractivity contribution in [3.05, 3.63) is 29.3 Å². The van der Waals surface area contributed by atoms with Crippen LogP contribution in [0.4, 0.5) is 13.2 Å². The molecule has 88 valence electrons. The number of alkyl halides is 3. The second-order valence-corrected chi connectivity index (χ2v) is 3.22. The Balaban J connectivity index is 2.95. The van der Waals surface area contributed by atoms with Crippen LogP contribution < -0.4 is 4.74 Å². The molecule has 0 saturated carbocycles. The van der Waals surface area contributed by atoms with Gasteiger partial charge in [0.05, 0.1) is 6.42 Å². The third-order valence-electron chi connectivity index (χ3n) is 1.83. The van der Waals surface area contributed by atoms with E-state index in [1.807, 2.05) is 0 Å². The number of carboxylic acids is 1. The Morgan fingerprint density at radius 2 is 2.06 bits per heavy atom. The Morgan fingerprint density at radius 3 is 2.56 bits per heavy atom. The molecule has 0 aromatic heterocycles. The van der Waals surface area contributed by atoms with Crippen molar-refractivity contribution in [1.82, 2.24) is 0 Å². The van der Waals surface area contributed by atoms with Gasteiger partial charge >= 0.3 is 12.3 Å². The van der Waals surface area contributed by atoms with Crippen molar-refractivity contribution < 1.29 is 27.8 Å². The molecule has 3 nitrogen and oxygen atoms in total. The summed E-state index contributed by atoms with van der Waals surface area (Å²) in [5.41, 5.74) is 0.559. The third-order valence-corrected chi connectivity index (χ3v) is 1.83. The van der Waals surface area contributed by atoms with Gasteiger partial charge in [-0.2, -0.15) is 0 Å². The van der Waals surface area contributed by atoms with E-state index in [0.29, 0.717) is 5.56 Å². The van der Waals surface area contributed by atoms with Gasteiger partial charge in [-0.1, -0.05) is 12.1 Å². The number of carbonyl (C=O) groups is 1. The zero-order valence-electron chi connectivity index (χ0n) is 8.34. The average Bonchev–Trinajstić information content (AvgIpc) is 2.07. The summed E-state index contributed by atoms with van der Waals surface area (Å²) >= 11 is 0. The quantitative estimate of drug-likeness (QED) is 0.874. The van der Waals surface area contributed by atoms with Crippen LogP contribution in [0.1, 0.15) is 11.1 Å². The fraction of sp³-hybridized carbons (Fsp3) is 0.300. The summed E-state index contributed by atoms with van der Waals surface area (Å²) < 4.78 is 39.7. The lowest BCUT2D eigenvalue weighted by Crippen LogP contribution is -2.18. The molecule has 1 aromatic carbocycles. The minimum atomic E-state index is -4.77. The van der Waals surface area contributed by atoms with E-state index in [0.717, 1.165) is 6.07 Å². The van der Waals surface area contributed by atoms with Crippen molar-refractivity contribution >= 4 is 5.97 Å². The largest absolute Gasteiger partial charge is 0.573 e. The Hall–Kier alpha value is -1.72. The first-order valence-corrected chi connectivity index (χ1v) is 4.35. The number of aliphatic carboxylic acids is 1.